The van der Waals surface area contributed by atoms with Crippen molar-refractivity contribution in [3.05, 3.63) is 48.8 Å². The second-order valence-electron chi connectivity index (χ2n) is 4.93. The van der Waals surface area contributed by atoms with Gasteiger partial charge >= 0.3 is 5.97 Å². The molecule has 0 atom stereocenters. The van der Waals surface area contributed by atoms with E-state index in [1.54, 1.807) is 12.1 Å². The number of carboxylic acids is 1. The zero-order valence-corrected chi connectivity index (χ0v) is 13.1. The normalized spacial score (nSPS) is 10.4. The van der Waals surface area contributed by atoms with Gasteiger partial charge < -0.3 is 15.2 Å². The number of hydrogen-bond acceptors (Lipinski definition) is 6. The summed E-state index contributed by atoms with van der Waals surface area (Å²) in [6, 6.07) is 4.80. The van der Waals surface area contributed by atoms with Gasteiger partial charge in [0.05, 0.1) is 19.0 Å². The number of rotatable bonds is 5. The molecule has 0 aromatic carbocycles. The van der Waals surface area contributed by atoms with Gasteiger partial charge in [-0.25, -0.2) is 19.3 Å². The number of amides is 1. The number of pyridine rings is 1. The first-order chi connectivity index (χ1) is 12.0. The number of carbonyl (C=O) groups is 2. The fourth-order valence-corrected chi connectivity index (χ4v) is 2.18. The highest BCUT2D eigenvalue weighted by Crippen LogP contribution is 2.23. The topological polar surface area (TPSA) is 119 Å². The molecule has 0 unspecified atom stereocenters. The van der Waals surface area contributed by atoms with E-state index in [9.17, 15) is 14.7 Å². The Kier molecular flexibility index (Phi) is 4.12. The molecule has 0 spiro atoms. The van der Waals surface area contributed by atoms with Crippen molar-refractivity contribution in [2.75, 3.05) is 12.4 Å². The summed E-state index contributed by atoms with van der Waals surface area (Å²) in [5.41, 5.74) is 1.45. The van der Waals surface area contributed by atoms with Crippen molar-refractivity contribution >= 4 is 23.3 Å². The lowest BCUT2D eigenvalue weighted by molar-refractivity contribution is -0.111. The van der Waals surface area contributed by atoms with E-state index in [1.807, 2.05) is 0 Å². The summed E-state index contributed by atoms with van der Waals surface area (Å²) in [7, 11) is 1.35. The predicted molar refractivity (Wildman–Crippen MR) is 88.6 cm³/mol. The Bertz CT molecular complexity index is 995. The van der Waals surface area contributed by atoms with Crippen molar-refractivity contribution < 1.29 is 19.4 Å². The maximum Gasteiger partial charge on any atom is 0.341 e. The maximum atomic E-state index is 11.3. The molecule has 0 bridgehead atoms. The molecule has 3 rings (SSSR count). The van der Waals surface area contributed by atoms with Crippen molar-refractivity contribution in [3.8, 4) is 17.1 Å². The Balaban J connectivity index is 2.01. The van der Waals surface area contributed by atoms with E-state index in [0.29, 0.717) is 22.7 Å². The molecule has 0 aliphatic rings. The zero-order valence-electron chi connectivity index (χ0n) is 13.1. The van der Waals surface area contributed by atoms with Crippen LogP contribution in [0.5, 0.6) is 5.88 Å². The first kappa shape index (κ1) is 16.1. The number of nitrogens with one attached hydrogen (secondary N) is 1. The number of hydrogen-bond donors (Lipinski definition) is 2. The smallest absolute Gasteiger partial charge is 0.341 e. The standard InChI is InChI=1S/C16H13N5O4/c1-3-14(22)19-12-8-21-13(18-12)5-4-11(20-21)9-6-10(16(23)24)15(25-2)17-7-9/h3-8H,1H2,2H3,(H,19,22)(H,23,24). The minimum absolute atomic E-state index is 0.0226. The molecule has 0 aliphatic heterocycles. The van der Waals surface area contributed by atoms with Crippen molar-refractivity contribution in [1.82, 2.24) is 19.6 Å². The predicted octanol–water partition coefficient (Wildman–Crippen LogP) is 1.62. The van der Waals surface area contributed by atoms with Crippen molar-refractivity contribution in [3.63, 3.8) is 0 Å². The van der Waals surface area contributed by atoms with Crippen LogP contribution in [0, 0.1) is 0 Å². The number of aromatic carboxylic acids is 1. The minimum atomic E-state index is -1.15. The molecule has 0 radical (unpaired) electrons. The molecule has 0 saturated carbocycles. The lowest BCUT2D eigenvalue weighted by Gasteiger charge is -2.06. The van der Waals surface area contributed by atoms with Gasteiger partial charge in [0.15, 0.2) is 11.5 Å². The summed E-state index contributed by atoms with van der Waals surface area (Å²) in [4.78, 5) is 30.8. The summed E-state index contributed by atoms with van der Waals surface area (Å²) in [6.07, 6.45) is 4.14. The molecule has 9 nitrogen and oxygen atoms in total. The molecule has 126 valence electrons. The molecule has 0 saturated heterocycles. The Hall–Kier alpha value is -3.75. The largest absolute Gasteiger partial charge is 0.480 e. The van der Waals surface area contributed by atoms with Gasteiger partial charge in [0.2, 0.25) is 11.8 Å². The summed E-state index contributed by atoms with van der Waals surface area (Å²) in [5, 5.41) is 16.1. The number of aromatic nitrogens is 4. The number of methoxy groups -OCH3 is 1. The van der Waals surface area contributed by atoms with Crippen LogP contribution in [0.3, 0.4) is 0 Å². The van der Waals surface area contributed by atoms with Crippen LogP contribution in [-0.2, 0) is 4.79 Å². The molecule has 0 fully saturated rings. The zero-order chi connectivity index (χ0) is 18.0. The van der Waals surface area contributed by atoms with Crippen LogP contribution in [0.1, 0.15) is 10.4 Å². The van der Waals surface area contributed by atoms with Crippen LogP contribution in [0.15, 0.2) is 43.2 Å². The first-order valence-corrected chi connectivity index (χ1v) is 7.09. The highest BCUT2D eigenvalue weighted by molar-refractivity contribution is 5.98. The quantitative estimate of drug-likeness (QED) is 0.678. The van der Waals surface area contributed by atoms with E-state index in [4.69, 9.17) is 4.74 Å². The van der Waals surface area contributed by atoms with E-state index >= 15 is 0 Å². The number of carboxylic acid groups (broad SMARTS) is 1. The highest BCUT2D eigenvalue weighted by Gasteiger charge is 2.15. The maximum absolute atomic E-state index is 11.3. The van der Waals surface area contributed by atoms with E-state index in [0.717, 1.165) is 6.08 Å². The molecular weight excluding hydrogens is 326 g/mol. The minimum Gasteiger partial charge on any atom is -0.480 e. The van der Waals surface area contributed by atoms with Crippen LogP contribution >= 0.6 is 0 Å². The average Bonchev–Trinajstić information content (AvgIpc) is 3.02. The third kappa shape index (κ3) is 3.15. The fraction of sp³-hybridized carbons (Fsp3) is 0.0625. The molecular formula is C16H13N5O4. The molecule has 3 heterocycles. The Labute approximate surface area is 141 Å². The van der Waals surface area contributed by atoms with Gasteiger partial charge in [-0.15, -0.1) is 0 Å². The van der Waals surface area contributed by atoms with Crippen molar-refractivity contribution in [2.45, 2.75) is 0 Å². The molecule has 0 aliphatic carbocycles. The van der Waals surface area contributed by atoms with Crippen LogP contribution in [0.25, 0.3) is 16.9 Å². The summed E-state index contributed by atoms with van der Waals surface area (Å²) in [5.74, 6) is -1.18. The molecule has 1 amide bonds. The lowest BCUT2D eigenvalue weighted by atomic mass is 10.1. The fourth-order valence-electron chi connectivity index (χ4n) is 2.18. The van der Waals surface area contributed by atoms with Crippen LogP contribution in [0.4, 0.5) is 5.82 Å². The van der Waals surface area contributed by atoms with Crippen LogP contribution < -0.4 is 10.1 Å². The third-order valence-electron chi connectivity index (χ3n) is 3.33. The summed E-state index contributed by atoms with van der Waals surface area (Å²) < 4.78 is 6.41. The molecule has 3 aromatic rings. The second kappa shape index (κ2) is 6.40. The van der Waals surface area contributed by atoms with Gasteiger partial charge in [-0.2, -0.15) is 5.10 Å². The molecule has 3 aromatic heterocycles. The van der Waals surface area contributed by atoms with Gasteiger partial charge in [0.25, 0.3) is 0 Å². The van der Waals surface area contributed by atoms with Crippen LogP contribution in [-0.4, -0.2) is 43.7 Å². The Morgan fingerprint density at radius 2 is 2.20 bits per heavy atom. The van der Waals surface area contributed by atoms with Crippen LogP contribution in [0.2, 0.25) is 0 Å². The average molecular weight is 339 g/mol. The van der Waals surface area contributed by atoms with E-state index in [-0.39, 0.29) is 17.4 Å². The second-order valence-corrected chi connectivity index (χ2v) is 4.93. The Morgan fingerprint density at radius 1 is 1.40 bits per heavy atom. The van der Waals surface area contributed by atoms with Crippen molar-refractivity contribution in [1.29, 1.82) is 0 Å². The summed E-state index contributed by atoms with van der Waals surface area (Å²) in [6.45, 7) is 3.37. The number of ether oxygens (including phenoxy) is 1. The number of imidazole rings is 1. The van der Waals surface area contributed by atoms with E-state index < -0.39 is 5.97 Å². The summed E-state index contributed by atoms with van der Waals surface area (Å²) >= 11 is 0. The van der Waals surface area contributed by atoms with Gasteiger partial charge in [-0.3, -0.25) is 4.79 Å². The third-order valence-corrected chi connectivity index (χ3v) is 3.33. The van der Waals surface area contributed by atoms with Gasteiger partial charge in [-0.05, 0) is 24.3 Å². The Morgan fingerprint density at radius 3 is 2.88 bits per heavy atom. The van der Waals surface area contributed by atoms with Gasteiger partial charge in [0, 0.05) is 11.8 Å². The number of carbonyl (C=O) groups excluding carboxylic acids is 1. The van der Waals surface area contributed by atoms with Gasteiger partial charge in [0.1, 0.15) is 5.56 Å². The SMILES string of the molecule is C=CC(=O)Nc1cn2nc(-c3cnc(OC)c(C(=O)O)c3)ccc2n1. The number of nitrogens with zero attached hydrogens (tertiary/aromatic N) is 4. The highest BCUT2D eigenvalue weighted by atomic mass is 16.5. The first-order valence-electron chi connectivity index (χ1n) is 7.09. The molecule has 9 heteroatoms. The van der Waals surface area contributed by atoms with Crippen molar-refractivity contribution in [2.24, 2.45) is 0 Å². The lowest BCUT2D eigenvalue weighted by Crippen LogP contribution is -2.07. The van der Waals surface area contributed by atoms with E-state index in [1.165, 1.54) is 30.1 Å². The number of fused-ring (bicyclic) bond motifs is 1. The van der Waals surface area contributed by atoms with Gasteiger partial charge in [-0.1, -0.05) is 6.58 Å². The molecule has 2 N–H and O–H groups in total. The molecule has 25 heavy (non-hydrogen) atoms. The van der Waals surface area contributed by atoms with E-state index in [2.05, 4.69) is 27.0 Å². The monoisotopic (exact) mass is 339 g/mol. The number of anilines is 1.